The quantitative estimate of drug-likeness (QED) is 0.117. The molecule has 1 aliphatic heterocycles. The van der Waals surface area contributed by atoms with E-state index in [1.54, 1.807) is 43.5 Å². The van der Waals surface area contributed by atoms with Gasteiger partial charge in [0.1, 0.15) is 24.7 Å². The fourth-order valence-corrected chi connectivity index (χ4v) is 5.26. The van der Waals surface area contributed by atoms with E-state index < -0.39 is 17.7 Å². The summed E-state index contributed by atoms with van der Waals surface area (Å²) in [6.07, 6.45) is 0.642. The highest BCUT2D eigenvalue weighted by Gasteiger charge is 2.46. The number of hydrogen-bond acceptors (Lipinski definition) is 6. The lowest BCUT2D eigenvalue weighted by Crippen LogP contribution is -2.30. The van der Waals surface area contributed by atoms with E-state index in [-0.39, 0.29) is 11.3 Å². The fourth-order valence-electron chi connectivity index (χ4n) is 5.26. The Morgan fingerprint density at radius 3 is 1.98 bits per heavy atom. The average molecular weight is 578 g/mol. The van der Waals surface area contributed by atoms with Gasteiger partial charge in [-0.05, 0) is 65.9 Å². The molecular weight excluding hydrogens is 542 g/mol. The Hall–Kier alpha value is -5.04. The number of hydrogen-bond donors (Lipinski definition) is 1. The summed E-state index contributed by atoms with van der Waals surface area (Å²) in [5.41, 5.74) is 3.92. The molecule has 1 aliphatic rings. The van der Waals surface area contributed by atoms with Crippen molar-refractivity contribution >= 4 is 17.4 Å². The standard InChI is InChI=1S/C36H35NO6/c1-4-19-37-33(27-15-18-30(41-3)31(21-27)43-23-26-13-9-6-10-14-26)32(35(39)36(37)40)34(38)28-16-17-29(24(2)20-28)42-22-25-11-7-5-8-12-25/h5-18,20-21,33,38H,4,19,22-23H2,1-3H3/b34-32-. The summed E-state index contributed by atoms with van der Waals surface area (Å²) in [4.78, 5) is 28.2. The second-order valence-electron chi connectivity index (χ2n) is 10.4. The van der Waals surface area contributed by atoms with E-state index >= 15 is 0 Å². The van der Waals surface area contributed by atoms with Crippen LogP contribution in [0.25, 0.3) is 5.76 Å². The van der Waals surface area contributed by atoms with Gasteiger partial charge >= 0.3 is 0 Å². The van der Waals surface area contributed by atoms with Crippen LogP contribution in [-0.4, -0.2) is 35.4 Å². The zero-order valence-corrected chi connectivity index (χ0v) is 24.6. The molecule has 0 bridgehead atoms. The molecule has 4 aromatic rings. The van der Waals surface area contributed by atoms with Crippen molar-refractivity contribution in [3.05, 3.63) is 130 Å². The zero-order chi connectivity index (χ0) is 30.3. The van der Waals surface area contributed by atoms with Crippen molar-refractivity contribution in [3.63, 3.8) is 0 Å². The Morgan fingerprint density at radius 1 is 0.791 bits per heavy atom. The van der Waals surface area contributed by atoms with Crippen LogP contribution in [0.1, 0.15) is 47.2 Å². The van der Waals surface area contributed by atoms with E-state index in [0.29, 0.717) is 54.6 Å². The summed E-state index contributed by atoms with van der Waals surface area (Å²) in [5, 5.41) is 11.6. The highest BCUT2D eigenvalue weighted by molar-refractivity contribution is 6.46. The molecule has 0 spiro atoms. The van der Waals surface area contributed by atoms with Gasteiger partial charge in [0.05, 0.1) is 18.7 Å². The minimum Gasteiger partial charge on any atom is -0.507 e. The smallest absolute Gasteiger partial charge is 0.295 e. The number of likely N-dealkylation sites (tertiary alicyclic amines) is 1. The summed E-state index contributed by atoms with van der Waals surface area (Å²) >= 11 is 0. The van der Waals surface area contributed by atoms with Crippen LogP contribution in [0.2, 0.25) is 0 Å². The van der Waals surface area contributed by atoms with E-state index in [4.69, 9.17) is 14.2 Å². The predicted molar refractivity (Wildman–Crippen MR) is 165 cm³/mol. The first-order valence-electron chi connectivity index (χ1n) is 14.3. The molecule has 220 valence electrons. The van der Waals surface area contributed by atoms with Crippen molar-refractivity contribution in [1.29, 1.82) is 0 Å². The maximum Gasteiger partial charge on any atom is 0.295 e. The number of carbonyl (C=O) groups excluding carboxylic acids is 2. The van der Waals surface area contributed by atoms with Crippen LogP contribution < -0.4 is 14.2 Å². The van der Waals surface area contributed by atoms with Gasteiger partial charge in [0, 0.05) is 12.1 Å². The molecule has 1 unspecified atom stereocenters. The van der Waals surface area contributed by atoms with Gasteiger partial charge in [0.2, 0.25) is 0 Å². The van der Waals surface area contributed by atoms with Gasteiger partial charge in [-0.25, -0.2) is 0 Å². The maximum absolute atomic E-state index is 13.4. The molecule has 7 nitrogen and oxygen atoms in total. The number of aliphatic hydroxyl groups excluding tert-OH is 1. The minimum atomic E-state index is -0.792. The second kappa shape index (κ2) is 13.3. The number of ether oxygens (including phenoxy) is 3. The molecule has 1 saturated heterocycles. The van der Waals surface area contributed by atoms with E-state index in [0.717, 1.165) is 16.7 Å². The lowest BCUT2D eigenvalue weighted by molar-refractivity contribution is -0.139. The molecule has 0 radical (unpaired) electrons. The highest BCUT2D eigenvalue weighted by atomic mass is 16.5. The van der Waals surface area contributed by atoms with Crippen molar-refractivity contribution < 1.29 is 28.9 Å². The van der Waals surface area contributed by atoms with Crippen molar-refractivity contribution in [3.8, 4) is 17.2 Å². The first-order chi connectivity index (χ1) is 20.9. The van der Waals surface area contributed by atoms with Crippen LogP contribution in [0, 0.1) is 6.92 Å². The van der Waals surface area contributed by atoms with Crippen molar-refractivity contribution in [1.82, 2.24) is 4.90 Å². The summed E-state index contributed by atoms with van der Waals surface area (Å²) < 4.78 is 17.7. The number of nitrogens with zero attached hydrogens (tertiary/aromatic N) is 1. The van der Waals surface area contributed by atoms with Crippen molar-refractivity contribution in [2.24, 2.45) is 0 Å². The molecule has 4 aromatic carbocycles. The molecule has 43 heavy (non-hydrogen) atoms. The zero-order valence-electron chi connectivity index (χ0n) is 24.6. The first-order valence-corrected chi connectivity index (χ1v) is 14.3. The van der Waals surface area contributed by atoms with Crippen LogP contribution in [0.15, 0.2) is 103 Å². The van der Waals surface area contributed by atoms with Gasteiger partial charge in [0.15, 0.2) is 11.5 Å². The summed E-state index contributed by atoms with van der Waals surface area (Å²) in [5.74, 6) is 0.0626. The van der Waals surface area contributed by atoms with Gasteiger partial charge in [-0.15, -0.1) is 0 Å². The van der Waals surface area contributed by atoms with E-state index in [1.165, 1.54) is 4.90 Å². The minimum absolute atomic E-state index is 0.0370. The van der Waals surface area contributed by atoms with Gasteiger partial charge in [0.25, 0.3) is 11.7 Å². The largest absolute Gasteiger partial charge is 0.507 e. The number of amides is 1. The van der Waals surface area contributed by atoms with Gasteiger partial charge in [-0.3, -0.25) is 9.59 Å². The number of aryl methyl sites for hydroxylation is 1. The molecular formula is C36H35NO6. The highest BCUT2D eigenvalue weighted by Crippen LogP contribution is 2.42. The number of benzene rings is 4. The van der Waals surface area contributed by atoms with Crippen LogP contribution in [0.5, 0.6) is 17.2 Å². The number of Topliss-reactive ketones (excluding diaryl/α,β-unsaturated/α-hetero) is 1. The predicted octanol–water partition coefficient (Wildman–Crippen LogP) is 6.99. The van der Waals surface area contributed by atoms with Crippen LogP contribution in [0.3, 0.4) is 0 Å². The Labute approximate surface area is 252 Å². The molecule has 1 fully saturated rings. The second-order valence-corrected chi connectivity index (χ2v) is 10.4. The number of ketones is 1. The monoisotopic (exact) mass is 577 g/mol. The Morgan fingerprint density at radius 2 is 1.40 bits per heavy atom. The third-order valence-electron chi connectivity index (χ3n) is 7.43. The Balaban J connectivity index is 1.50. The van der Waals surface area contributed by atoms with Gasteiger partial charge < -0.3 is 24.2 Å². The number of aliphatic hydroxyl groups is 1. The van der Waals surface area contributed by atoms with Crippen LogP contribution >= 0.6 is 0 Å². The molecule has 7 heteroatoms. The number of rotatable bonds is 11. The van der Waals surface area contributed by atoms with Crippen molar-refractivity contribution in [2.45, 2.75) is 39.5 Å². The third kappa shape index (κ3) is 6.41. The molecule has 1 atom stereocenters. The molecule has 1 N–H and O–H groups in total. The lowest BCUT2D eigenvalue weighted by Gasteiger charge is -2.25. The molecule has 0 aliphatic carbocycles. The molecule has 1 heterocycles. The average Bonchev–Trinajstić information content (AvgIpc) is 3.29. The number of carbonyl (C=O) groups is 2. The summed E-state index contributed by atoms with van der Waals surface area (Å²) in [6, 6.07) is 29.4. The molecule has 1 amide bonds. The van der Waals surface area contributed by atoms with Gasteiger partial charge in [-0.1, -0.05) is 73.7 Å². The van der Waals surface area contributed by atoms with Crippen LogP contribution in [0.4, 0.5) is 0 Å². The summed E-state index contributed by atoms with van der Waals surface area (Å²) in [7, 11) is 1.56. The van der Waals surface area contributed by atoms with E-state index in [9.17, 15) is 14.7 Å². The van der Waals surface area contributed by atoms with Crippen LogP contribution in [-0.2, 0) is 22.8 Å². The summed E-state index contributed by atoms with van der Waals surface area (Å²) in [6.45, 7) is 4.89. The first kappa shape index (κ1) is 29.5. The van der Waals surface area contributed by atoms with Crippen molar-refractivity contribution in [2.75, 3.05) is 13.7 Å². The van der Waals surface area contributed by atoms with Gasteiger partial charge in [-0.2, -0.15) is 0 Å². The van der Waals surface area contributed by atoms with E-state index in [1.807, 2.05) is 74.5 Å². The molecule has 5 rings (SSSR count). The SMILES string of the molecule is CCCN1C(=O)C(=O)/C(=C(\O)c2ccc(OCc3ccccc3)c(C)c2)C1c1ccc(OC)c(OCc2ccccc2)c1. The van der Waals surface area contributed by atoms with E-state index in [2.05, 4.69) is 0 Å². The molecule has 0 aromatic heterocycles. The normalized spacial score (nSPS) is 15.9. The fraction of sp³-hybridized carbons (Fsp3) is 0.222. The maximum atomic E-state index is 13.4. The topological polar surface area (TPSA) is 85.3 Å². The Kier molecular flexibility index (Phi) is 9.11. The third-order valence-corrected chi connectivity index (χ3v) is 7.43. The Bertz CT molecular complexity index is 1630. The number of methoxy groups -OCH3 is 1. The molecule has 0 saturated carbocycles. The lowest BCUT2D eigenvalue weighted by atomic mass is 9.94.